The van der Waals surface area contributed by atoms with Crippen LogP contribution in [0.4, 0.5) is 10.5 Å². The lowest BCUT2D eigenvalue weighted by Gasteiger charge is -2.43. The molecule has 0 radical (unpaired) electrons. The Bertz CT molecular complexity index is 1070. The Balaban J connectivity index is 1.42. The number of piperidine rings is 1. The van der Waals surface area contributed by atoms with Crippen molar-refractivity contribution in [3.05, 3.63) is 58.2 Å². The van der Waals surface area contributed by atoms with E-state index < -0.39 is 11.5 Å². The molecule has 3 aromatic rings. The van der Waals surface area contributed by atoms with Crippen LogP contribution in [0.3, 0.4) is 0 Å². The van der Waals surface area contributed by atoms with E-state index in [-0.39, 0.29) is 11.9 Å². The molecule has 4 rings (SSSR count). The summed E-state index contributed by atoms with van der Waals surface area (Å²) in [6, 6.07) is 10.6. The molecule has 1 saturated heterocycles. The second-order valence-electron chi connectivity index (χ2n) is 8.75. The SMILES string of the molecule is CC(C)(C1CCN(C(=O)Nc2ccc(Cl)cc2)CC1)C(O)c1cc(Cl)cc2[nH]ncc12. The van der Waals surface area contributed by atoms with Crippen LogP contribution in [-0.2, 0) is 0 Å². The number of carbonyl (C=O) groups excluding carboxylic acids is 1. The molecule has 2 heterocycles. The highest BCUT2D eigenvalue weighted by Crippen LogP contribution is 2.46. The lowest BCUT2D eigenvalue weighted by Crippen LogP contribution is -2.45. The number of anilines is 1. The van der Waals surface area contributed by atoms with Crippen LogP contribution in [-0.4, -0.2) is 39.3 Å². The van der Waals surface area contributed by atoms with Crippen LogP contribution in [0.5, 0.6) is 0 Å². The van der Waals surface area contributed by atoms with Crippen LogP contribution >= 0.6 is 23.2 Å². The van der Waals surface area contributed by atoms with E-state index in [1.807, 2.05) is 17.0 Å². The fraction of sp³-hybridized carbons (Fsp3) is 0.391. The average Bonchev–Trinajstić information content (AvgIpc) is 3.22. The lowest BCUT2D eigenvalue weighted by molar-refractivity contribution is -0.0137. The number of likely N-dealkylation sites (tertiary alicyclic amines) is 1. The van der Waals surface area contributed by atoms with Crippen LogP contribution in [0.25, 0.3) is 10.9 Å². The molecule has 2 amide bonds. The molecule has 1 aliphatic rings. The summed E-state index contributed by atoms with van der Waals surface area (Å²) in [7, 11) is 0. The third-order valence-corrected chi connectivity index (χ3v) is 6.95. The van der Waals surface area contributed by atoms with Gasteiger partial charge < -0.3 is 15.3 Å². The normalized spacial score (nSPS) is 16.5. The number of nitrogens with one attached hydrogen (secondary N) is 2. The molecule has 1 aliphatic heterocycles. The molecule has 3 N–H and O–H groups in total. The first kappa shape index (κ1) is 21.9. The number of benzene rings is 2. The summed E-state index contributed by atoms with van der Waals surface area (Å²) >= 11 is 12.2. The summed E-state index contributed by atoms with van der Waals surface area (Å²) in [4.78, 5) is 14.4. The van der Waals surface area contributed by atoms with Crippen molar-refractivity contribution in [1.29, 1.82) is 0 Å². The number of H-pyrrole nitrogens is 1. The number of amides is 2. The molecule has 1 aromatic heterocycles. The van der Waals surface area contributed by atoms with Gasteiger partial charge in [0.2, 0.25) is 0 Å². The van der Waals surface area contributed by atoms with Crippen molar-refractivity contribution in [2.75, 3.05) is 18.4 Å². The summed E-state index contributed by atoms with van der Waals surface area (Å²) in [6.45, 7) is 5.44. The fourth-order valence-electron chi connectivity index (χ4n) is 4.45. The van der Waals surface area contributed by atoms with E-state index in [1.54, 1.807) is 30.5 Å². The summed E-state index contributed by atoms with van der Waals surface area (Å²) in [5.74, 6) is 0.253. The number of urea groups is 1. The smallest absolute Gasteiger partial charge is 0.321 e. The van der Waals surface area contributed by atoms with Crippen LogP contribution in [0.1, 0.15) is 38.4 Å². The minimum absolute atomic E-state index is 0.117. The van der Waals surface area contributed by atoms with Gasteiger partial charge >= 0.3 is 6.03 Å². The second kappa shape index (κ2) is 8.69. The number of fused-ring (bicyclic) bond motifs is 1. The lowest BCUT2D eigenvalue weighted by atomic mass is 9.68. The molecule has 164 valence electrons. The minimum Gasteiger partial charge on any atom is -0.388 e. The number of aliphatic hydroxyl groups is 1. The van der Waals surface area contributed by atoms with E-state index in [4.69, 9.17) is 23.2 Å². The molecule has 0 bridgehead atoms. The van der Waals surface area contributed by atoms with E-state index in [0.717, 1.165) is 35.0 Å². The third kappa shape index (κ3) is 4.52. The van der Waals surface area contributed by atoms with Crippen molar-refractivity contribution >= 4 is 45.8 Å². The van der Waals surface area contributed by atoms with Gasteiger partial charge in [0.1, 0.15) is 0 Å². The van der Waals surface area contributed by atoms with Gasteiger partial charge in [-0.05, 0) is 66.1 Å². The molecule has 8 heteroatoms. The second-order valence-corrected chi connectivity index (χ2v) is 9.62. The molecule has 2 aromatic carbocycles. The van der Waals surface area contributed by atoms with Gasteiger partial charge in [-0.25, -0.2) is 4.79 Å². The number of aliphatic hydroxyl groups excluding tert-OH is 1. The first-order valence-electron chi connectivity index (χ1n) is 10.4. The van der Waals surface area contributed by atoms with Crippen molar-refractivity contribution in [3.63, 3.8) is 0 Å². The number of aromatic amines is 1. The number of hydrogen-bond acceptors (Lipinski definition) is 3. The zero-order valence-electron chi connectivity index (χ0n) is 17.5. The third-order valence-electron chi connectivity index (χ3n) is 6.48. The van der Waals surface area contributed by atoms with Crippen LogP contribution < -0.4 is 5.32 Å². The molecule has 31 heavy (non-hydrogen) atoms. The first-order valence-corrected chi connectivity index (χ1v) is 11.1. The van der Waals surface area contributed by atoms with Gasteiger partial charge in [-0.3, -0.25) is 5.10 Å². The van der Waals surface area contributed by atoms with Crippen molar-refractivity contribution in [3.8, 4) is 0 Å². The molecule has 0 saturated carbocycles. The van der Waals surface area contributed by atoms with Crippen molar-refractivity contribution in [2.45, 2.75) is 32.8 Å². The van der Waals surface area contributed by atoms with E-state index in [1.165, 1.54) is 0 Å². The summed E-state index contributed by atoms with van der Waals surface area (Å²) in [5, 5.41) is 23.3. The van der Waals surface area contributed by atoms with Gasteiger partial charge in [0.05, 0.1) is 17.8 Å². The monoisotopic (exact) mass is 460 g/mol. The van der Waals surface area contributed by atoms with Crippen molar-refractivity contribution in [2.24, 2.45) is 11.3 Å². The van der Waals surface area contributed by atoms with Gasteiger partial charge in [0.15, 0.2) is 0 Å². The van der Waals surface area contributed by atoms with E-state index in [0.29, 0.717) is 23.1 Å². The van der Waals surface area contributed by atoms with Gasteiger partial charge in [0.25, 0.3) is 0 Å². The summed E-state index contributed by atoms with van der Waals surface area (Å²) in [6.07, 6.45) is 2.65. The van der Waals surface area contributed by atoms with Crippen LogP contribution in [0.2, 0.25) is 10.0 Å². The Morgan fingerprint density at radius 3 is 2.55 bits per heavy atom. The van der Waals surface area contributed by atoms with Crippen LogP contribution in [0, 0.1) is 11.3 Å². The van der Waals surface area contributed by atoms with E-state index >= 15 is 0 Å². The molecule has 0 spiro atoms. The molecular formula is C23H26Cl2N4O2. The Kier molecular flexibility index (Phi) is 6.15. The van der Waals surface area contributed by atoms with Gasteiger partial charge in [0, 0.05) is 34.2 Å². The molecule has 1 atom stereocenters. The van der Waals surface area contributed by atoms with Crippen molar-refractivity contribution < 1.29 is 9.90 Å². The molecule has 1 unspecified atom stereocenters. The van der Waals surface area contributed by atoms with Gasteiger partial charge in [-0.1, -0.05) is 37.0 Å². The van der Waals surface area contributed by atoms with E-state index in [2.05, 4.69) is 29.4 Å². The maximum Gasteiger partial charge on any atom is 0.321 e. The predicted molar refractivity (Wildman–Crippen MR) is 125 cm³/mol. The Morgan fingerprint density at radius 2 is 1.87 bits per heavy atom. The minimum atomic E-state index is -0.703. The molecular weight excluding hydrogens is 435 g/mol. The Morgan fingerprint density at radius 1 is 1.19 bits per heavy atom. The zero-order valence-corrected chi connectivity index (χ0v) is 19.0. The van der Waals surface area contributed by atoms with E-state index in [9.17, 15) is 9.90 Å². The number of rotatable bonds is 4. The largest absolute Gasteiger partial charge is 0.388 e. The zero-order chi connectivity index (χ0) is 22.2. The molecule has 0 aliphatic carbocycles. The first-order chi connectivity index (χ1) is 14.8. The highest BCUT2D eigenvalue weighted by molar-refractivity contribution is 6.31. The standard InChI is InChI=1S/C23H26Cl2N4O2/c1-23(2,21(30)18-11-16(25)12-20-19(18)13-26-28-20)14-7-9-29(10-8-14)22(31)27-17-5-3-15(24)4-6-17/h3-6,11-14,21,30H,7-10H2,1-2H3,(H,26,28)(H,27,31). The summed E-state index contributed by atoms with van der Waals surface area (Å²) in [5.41, 5.74) is 1.92. The number of nitrogens with zero attached hydrogens (tertiary/aromatic N) is 2. The molecule has 1 fully saturated rings. The predicted octanol–water partition coefficient (Wildman–Crippen LogP) is 5.87. The van der Waals surface area contributed by atoms with Gasteiger partial charge in [-0.15, -0.1) is 0 Å². The Labute approximate surface area is 191 Å². The average molecular weight is 461 g/mol. The molecule has 6 nitrogen and oxygen atoms in total. The highest BCUT2D eigenvalue weighted by atomic mass is 35.5. The van der Waals surface area contributed by atoms with Crippen molar-refractivity contribution in [1.82, 2.24) is 15.1 Å². The van der Waals surface area contributed by atoms with Crippen LogP contribution in [0.15, 0.2) is 42.6 Å². The maximum atomic E-state index is 12.6. The summed E-state index contributed by atoms with van der Waals surface area (Å²) < 4.78 is 0. The number of carbonyl (C=O) groups is 1. The topological polar surface area (TPSA) is 81.3 Å². The number of halogens is 2. The fourth-order valence-corrected chi connectivity index (χ4v) is 4.81. The number of aromatic nitrogens is 2. The highest BCUT2D eigenvalue weighted by Gasteiger charge is 2.40. The number of hydrogen-bond donors (Lipinski definition) is 3. The maximum absolute atomic E-state index is 12.6. The Hall–Kier alpha value is -2.28. The van der Waals surface area contributed by atoms with Gasteiger partial charge in [-0.2, -0.15) is 5.10 Å². The quantitative estimate of drug-likeness (QED) is 0.454.